The van der Waals surface area contributed by atoms with E-state index in [1.165, 1.54) is 36.8 Å². The van der Waals surface area contributed by atoms with Crippen molar-refractivity contribution in [2.24, 2.45) is 5.92 Å². The Balaban J connectivity index is 0.000000254. The third-order valence-electron chi connectivity index (χ3n) is 4.61. The second-order valence-electron chi connectivity index (χ2n) is 6.88. The average Bonchev–Trinajstić information content (AvgIpc) is 3.13. The van der Waals surface area contributed by atoms with Crippen molar-refractivity contribution in [2.75, 3.05) is 6.54 Å². The second-order valence-corrected chi connectivity index (χ2v) is 7.75. The van der Waals surface area contributed by atoms with Crippen LogP contribution in [-0.2, 0) is 11.2 Å². The third kappa shape index (κ3) is 8.25. The van der Waals surface area contributed by atoms with Gasteiger partial charge in [-0.25, -0.2) is 0 Å². The minimum absolute atomic E-state index is 0.205. The van der Waals surface area contributed by atoms with Crippen LogP contribution < -0.4 is 5.32 Å². The lowest BCUT2D eigenvalue weighted by Crippen LogP contribution is -2.27. The maximum absolute atomic E-state index is 11.7. The van der Waals surface area contributed by atoms with Gasteiger partial charge in [0.2, 0.25) is 5.91 Å². The van der Waals surface area contributed by atoms with Crippen molar-refractivity contribution in [1.82, 2.24) is 5.32 Å². The van der Waals surface area contributed by atoms with Crippen molar-refractivity contribution < 1.29 is 4.79 Å². The molecule has 0 bridgehead atoms. The van der Waals surface area contributed by atoms with Crippen molar-refractivity contribution in [3.8, 4) is 0 Å². The van der Waals surface area contributed by atoms with E-state index in [4.69, 9.17) is 23.2 Å². The van der Waals surface area contributed by atoms with Crippen LogP contribution in [0.25, 0.3) is 0 Å². The van der Waals surface area contributed by atoms with Crippen molar-refractivity contribution in [1.29, 1.82) is 0 Å². The van der Waals surface area contributed by atoms with Gasteiger partial charge in [-0.2, -0.15) is 0 Å². The number of carbonyl (C=O) groups is 1. The number of hydrogen-bond donors (Lipinski definition) is 1. The fraction of sp³-hybridized carbons (Fsp3) is 0.409. The quantitative estimate of drug-likeness (QED) is 0.642. The average molecular weight is 392 g/mol. The predicted octanol–water partition coefficient (Wildman–Crippen LogP) is 6.23. The van der Waals surface area contributed by atoms with E-state index in [1.54, 1.807) is 0 Å². The molecule has 1 aliphatic carbocycles. The summed E-state index contributed by atoms with van der Waals surface area (Å²) in [6.07, 6.45) is 6.62. The van der Waals surface area contributed by atoms with Crippen LogP contribution in [0.4, 0.5) is 0 Å². The first-order valence-electron chi connectivity index (χ1n) is 9.26. The first-order chi connectivity index (χ1) is 12.5. The van der Waals surface area contributed by atoms with Crippen molar-refractivity contribution in [3.63, 3.8) is 0 Å². The Hall–Kier alpha value is -1.51. The molecule has 2 aromatic rings. The number of aryl methyl sites for hydroxylation is 1. The summed E-state index contributed by atoms with van der Waals surface area (Å²) in [5, 5.41) is 4.56. The molecule has 0 unspecified atom stereocenters. The maximum Gasteiger partial charge on any atom is 0.220 e. The lowest BCUT2D eigenvalue weighted by molar-refractivity contribution is -0.121. The highest BCUT2D eigenvalue weighted by Crippen LogP contribution is 2.27. The van der Waals surface area contributed by atoms with Gasteiger partial charge < -0.3 is 5.32 Å². The molecule has 0 radical (unpaired) electrons. The Labute approximate surface area is 166 Å². The predicted molar refractivity (Wildman–Crippen MR) is 111 cm³/mol. The van der Waals surface area contributed by atoms with Gasteiger partial charge in [-0.05, 0) is 61.9 Å². The summed E-state index contributed by atoms with van der Waals surface area (Å²) in [5.74, 6) is 0.830. The van der Waals surface area contributed by atoms with Gasteiger partial charge in [0.05, 0.1) is 0 Å². The number of amides is 1. The van der Waals surface area contributed by atoms with Gasteiger partial charge in [-0.1, -0.05) is 65.9 Å². The summed E-state index contributed by atoms with van der Waals surface area (Å²) in [6, 6.07) is 15.5. The van der Waals surface area contributed by atoms with E-state index in [9.17, 15) is 4.79 Å². The van der Waals surface area contributed by atoms with Crippen LogP contribution >= 0.6 is 23.2 Å². The molecule has 0 saturated heterocycles. The zero-order chi connectivity index (χ0) is 18.8. The van der Waals surface area contributed by atoms with Gasteiger partial charge in [-0.15, -0.1) is 0 Å². The van der Waals surface area contributed by atoms with E-state index in [-0.39, 0.29) is 5.91 Å². The van der Waals surface area contributed by atoms with Gasteiger partial charge in [0.1, 0.15) is 0 Å². The van der Waals surface area contributed by atoms with Gasteiger partial charge in [0.25, 0.3) is 0 Å². The van der Waals surface area contributed by atoms with Crippen LogP contribution in [0.2, 0.25) is 10.0 Å². The molecule has 26 heavy (non-hydrogen) atoms. The van der Waals surface area contributed by atoms with Crippen LogP contribution in [0, 0.1) is 12.8 Å². The summed E-state index contributed by atoms with van der Waals surface area (Å²) in [7, 11) is 0. The summed E-state index contributed by atoms with van der Waals surface area (Å²) in [5.41, 5.74) is 2.45. The summed E-state index contributed by atoms with van der Waals surface area (Å²) < 4.78 is 0. The van der Waals surface area contributed by atoms with Crippen LogP contribution in [-0.4, -0.2) is 12.5 Å². The minimum Gasteiger partial charge on any atom is -0.356 e. The molecule has 4 heteroatoms. The lowest BCUT2D eigenvalue weighted by Gasteiger charge is -2.09. The van der Waals surface area contributed by atoms with Gasteiger partial charge in [0, 0.05) is 23.0 Å². The zero-order valence-electron chi connectivity index (χ0n) is 15.3. The Morgan fingerprint density at radius 2 is 1.50 bits per heavy atom. The highest BCUT2D eigenvalue weighted by atomic mass is 35.5. The first-order valence-corrected chi connectivity index (χ1v) is 10.0. The van der Waals surface area contributed by atoms with Crippen molar-refractivity contribution in [3.05, 3.63) is 69.7 Å². The Kier molecular flexibility index (Phi) is 9.00. The summed E-state index contributed by atoms with van der Waals surface area (Å²) in [4.78, 5) is 11.7. The highest BCUT2D eigenvalue weighted by Gasteiger charge is 2.17. The molecule has 1 saturated carbocycles. The molecule has 0 spiro atoms. The van der Waals surface area contributed by atoms with Crippen molar-refractivity contribution in [2.45, 2.75) is 45.4 Å². The molecule has 1 amide bonds. The SMILES string of the molecule is Cc1ccc(Cl)cc1.O=C(CC1CCCC1)NCCc1ccc(Cl)cc1. The number of carbonyl (C=O) groups excluding carboxylic acids is 1. The second kappa shape index (κ2) is 11.3. The van der Waals surface area contributed by atoms with Crippen LogP contribution in [0.5, 0.6) is 0 Å². The van der Waals surface area contributed by atoms with Crippen LogP contribution in [0.15, 0.2) is 48.5 Å². The molecule has 0 aromatic heterocycles. The number of benzene rings is 2. The summed E-state index contributed by atoms with van der Waals surface area (Å²) in [6.45, 7) is 2.75. The minimum atomic E-state index is 0.205. The molecular weight excluding hydrogens is 365 g/mol. The van der Waals surface area contributed by atoms with Crippen molar-refractivity contribution >= 4 is 29.1 Å². The smallest absolute Gasteiger partial charge is 0.220 e. The number of rotatable bonds is 5. The molecule has 0 aliphatic heterocycles. The standard InChI is InChI=1S/C15H20ClNO.C7H7Cl/c16-14-7-5-12(6-8-14)9-10-17-15(18)11-13-3-1-2-4-13;1-6-2-4-7(8)5-3-6/h5-8,13H,1-4,9-11H2,(H,17,18);2-5H,1H3. The van der Waals surface area contributed by atoms with Crippen LogP contribution in [0.1, 0.15) is 43.2 Å². The molecule has 2 nitrogen and oxygen atoms in total. The molecule has 1 N–H and O–H groups in total. The Morgan fingerprint density at radius 3 is 2.04 bits per heavy atom. The molecule has 3 rings (SSSR count). The number of nitrogens with one attached hydrogen (secondary N) is 1. The molecule has 140 valence electrons. The largest absolute Gasteiger partial charge is 0.356 e. The van der Waals surface area contributed by atoms with Gasteiger partial charge >= 0.3 is 0 Å². The van der Waals surface area contributed by atoms with E-state index in [0.29, 0.717) is 18.9 Å². The monoisotopic (exact) mass is 391 g/mol. The number of halogens is 2. The van der Waals surface area contributed by atoms with E-state index in [2.05, 4.69) is 5.32 Å². The highest BCUT2D eigenvalue weighted by molar-refractivity contribution is 6.30. The molecular formula is C22H27Cl2NO. The van der Waals surface area contributed by atoms with E-state index in [1.807, 2.05) is 55.5 Å². The normalized spacial score (nSPS) is 13.8. The molecule has 0 heterocycles. The van der Waals surface area contributed by atoms with E-state index in [0.717, 1.165) is 16.5 Å². The lowest BCUT2D eigenvalue weighted by atomic mass is 10.0. The van der Waals surface area contributed by atoms with E-state index < -0.39 is 0 Å². The van der Waals surface area contributed by atoms with Crippen LogP contribution in [0.3, 0.4) is 0 Å². The third-order valence-corrected chi connectivity index (χ3v) is 5.11. The summed E-state index contributed by atoms with van der Waals surface area (Å²) >= 11 is 11.4. The fourth-order valence-electron chi connectivity index (χ4n) is 3.08. The fourth-order valence-corrected chi connectivity index (χ4v) is 3.33. The maximum atomic E-state index is 11.7. The Morgan fingerprint density at radius 1 is 0.962 bits per heavy atom. The Bertz CT molecular complexity index is 641. The topological polar surface area (TPSA) is 29.1 Å². The number of hydrogen-bond acceptors (Lipinski definition) is 1. The van der Waals surface area contributed by atoms with Gasteiger partial charge in [-0.3, -0.25) is 4.79 Å². The molecule has 2 aromatic carbocycles. The zero-order valence-corrected chi connectivity index (χ0v) is 16.8. The molecule has 1 fully saturated rings. The first kappa shape index (κ1) is 20.8. The molecule has 1 aliphatic rings. The van der Waals surface area contributed by atoms with E-state index >= 15 is 0 Å². The van der Waals surface area contributed by atoms with Gasteiger partial charge in [0.15, 0.2) is 0 Å². The molecule has 0 atom stereocenters.